The van der Waals surface area contributed by atoms with Crippen molar-refractivity contribution < 1.29 is 19.1 Å². The summed E-state index contributed by atoms with van der Waals surface area (Å²) in [6.07, 6.45) is -0.354. The SMILES string of the molecule is CCOC(=O)N1CCN(C(=O)CNC(=O)c2cccc(Br)c2)CC1. The summed E-state index contributed by atoms with van der Waals surface area (Å²) in [5, 5.41) is 2.62. The maximum absolute atomic E-state index is 12.2. The normalized spacial score (nSPS) is 14.2. The zero-order valence-corrected chi connectivity index (χ0v) is 15.0. The summed E-state index contributed by atoms with van der Waals surface area (Å²) in [6, 6.07) is 6.96. The summed E-state index contributed by atoms with van der Waals surface area (Å²) in [5.41, 5.74) is 0.490. The van der Waals surface area contributed by atoms with Crippen molar-refractivity contribution in [2.24, 2.45) is 0 Å². The third-order valence-corrected chi connectivity index (χ3v) is 4.14. The molecule has 0 spiro atoms. The van der Waals surface area contributed by atoms with E-state index in [0.29, 0.717) is 38.3 Å². The molecule has 0 radical (unpaired) electrons. The van der Waals surface area contributed by atoms with Crippen LogP contribution < -0.4 is 5.32 Å². The van der Waals surface area contributed by atoms with Crippen LogP contribution in [0, 0.1) is 0 Å². The molecule has 1 aliphatic heterocycles. The number of nitrogens with one attached hydrogen (secondary N) is 1. The van der Waals surface area contributed by atoms with Gasteiger partial charge in [0.05, 0.1) is 13.2 Å². The van der Waals surface area contributed by atoms with Crippen LogP contribution in [0.4, 0.5) is 4.79 Å². The molecule has 24 heavy (non-hydrogen) atoms. The van der Waals surface area contributed by atoms with Gasteiger partial charge in [-0.3, -0.25) is 9.59 Å². The first kappa shape index (κ1) is 18.3. The number of rotatable bonds is 4. The number of piperazine rings is 1. The molecule has 0 bridgehead atoms. The molecule has 1 N–H and O–H groups in total. The third-order valence-electron chi connectivity index (χ3n) is 3.65. The van der Waals surface area contributed by atoms with Crippen molar-refractivity contribution in [3.05, 3.63) is 34.3 Å². The molecule has 8 heteroatoms. The number of benzene rings is 1. The number of carbonyl (C=O) groups excluding carboxylic acids is 3. The third kappa shape index (κ3) is 4.95. The number of hydrogen-bond acceptors (Lipinski definition) is 4. The van der Waals surface area contributed by atoms with E-state index in [1.807, 2.05) is 6.07 Å². The van der Waals surface area contributed by atoms with E-state index in [-0.39, 0.29) is 24.5 Å². The van der Waals surface area contributed by atoms with Crippen molar-refractivity contribution in [2.45, 2.75) is 6.92 Å². The molecule has 0 aliphatic carbocycles. The number of hydrogen-bond donors (Lipinski definition) is 1. The van der Waals surface area contributed by atoms with E-state index in [0.717, 1.165) is 4.47 Å². The minimum Gasteiger partial charge on any atom is -0.450 e. The van der Waals surface area contributed by atoms with Gasteiger partial charge in [-0.2, -0.15) is 0 Å². The number of ether oxygens (including phenoxy) is 1. The van der Waals surface area contributed by atoms with Gasteiger partial charge < -0.3 is 19.9 Å². The van der Waals surface area contributed by atoms with Crippen LogP contribution in [0.3, 0.4) is 0 Å². The van der Waals surface area contributed by atoms with E-state index < -0.39 is 0 Å². The van der Waals surface area contributed by atoms with Crippen LogP contribution in [-0.2, 0) is 9.53 Å². The summed E-state index contributed by atoms with van der Waals surface area (Å²) in [7, 11) is 0. The van der Waals surface area contributed by atoms with E-state index in [1.54, 1.807) is 34.9 Å². The summed E-state index contributed by atoms with van der Waals surface area (Å²) < 4.78 is 5.74. The van der Waals surface area contributed by atoms with Crippen LogP contribution >= 0.6 is 15.9 Å². The highest BCUT2D eigenvalue weighted by Crippen LogP contribution is 2.11. The lowest BCUT2D eigenvalue weighted by Gasteiger charge is -2.34. The predicted molar refractivity (Wildman–Crippen MR) is 91.7 cm³/mol. The van der Waals surface area contributed by atoms with Gasteiger partial charge in [-0.1, -0.05) is 22.0 Å². The molecule has 7 nitrogen and oxygen atoms in total. The van der Waals surface area contributed by atoms with Crippen molar-refractivity contribution in [3.8, 4) is 0 Å². The zero-order valence-electron chi connectivity index (χ0n) is 13.5. The molecule has 2 rings (SSSR count). The maximum atomic E-state index is 12.2. The molecule has 0 aromatic heterocycles. The Morgan fingerprint density at radius 2 is 1.83 bits per heavy atom. The number of amides is 3. The molecule has 1 saturated heterocycles. The first-order valence-electron chi connectivity index (χ1n) is 7.74. The van der Waals surface area contributed by atoms with Gasteiger partial charge in [-0.25, -0.2) is 4.79 Å². The maximum Gasteiger partial charge on any atom is 0.409 e. The standard InChI is InChI=1S/C16H20BrN3O4/c1-2-24-16(23)20-8-6-19(7-9-20)14(21)11-18-15(22)12-4-3-5-13(17)10-12/h3-5,10H,2,6-9,11H2,1H3,(H,18,22). The number of halogens is 1. The van der Waals surface area contributed by atoms with Gasteiger partial charge in [0.2, 0.25) is 5.91 Å². The Balaban J connectivity index is 1.77. The molecule has 1 heterocycles. The fraction of sp³-hybridized carbons (Fsp3) is 0.438. The van der Waals surface area contributed by atoms with Gasteiger partial charge in [0.25, 0.3) is 5.91 Å². The zero-order chi connectivity index (χ0) is 17.5. The van der Waals surface area contributed by atoms with E-state index in [9.17, 15) is 14.4 Å². The highest BCUT2D eigenvalue weighted by molar-refractivity contribution is 9.10. The van der Waals surface area contributed by atoms with Crippen LogP contribution in [0.2, 0.25) is 0 Å². The molecule has 1 fully saturated rings. The van der Waals surface area contributed by atoms with Crippen LogP contribution in [0.15, 0.2) is 28.7 Å². The smallest absolute Gasteiger partial charge is 0.409 e. The number of nitrogens with zero attached hydrogens (tertiary/aromatic N) is 2. The second kappa shape index (κ2) is 8.68. The topological polar surface area (TPSA) is 79.0 Å². The largest absolute Gasteiger partial charge is 0.450 e. The van der Waals surface area contributed by atoms with Crippen LogP contribution in [0.25, 0.3) is 0 Å². The molecule has 1 aliphatic rings. The molecule has 3 amide bonds. The average molecular weight is 398 g/mol. The highest BCUT2D eigenvalue weighted by atomic mass is 79.9. The fourth-order valence-electron chi connectivity index (χ4n) is 2.35. The summed E-state index contributed by atoms with van der Waals surface area (Å²) in [6.45, 7) is 3.76. The average Bonchev–Trinajstić information content (AvgIpc) is 2.59. The van der Waals surface area contributed by atoms with Crippen molar-refractivity contribution in [3.63, 3.8) is 0 Å². The summed E-state index contributed by atoms with van der Waals surface area (Å²) >= 11 is 3.30. The molecular weight excluding hydrogens is 378 g/mol. The van der Waals surface area contributed by atoms with Crippen LogP contribution in [0.5, 0.6) is 0 Å². The lowest BCUT2D eigenvalue weighted by atomic mass is 10.2. The highest BCUT2D eigenvalue weighted by Gasteiger charge is 2.24. The Labute approximate surface area is 149 Å². The van der Waals surface area contributed by atoms with Gasteiger partial charge in [0, 0.05) is 36.2 Å². The second-order valence-electron chi connectivity index (χ2n) is 5.26. The first-order chi connectivity index (χ1) is 11.5. The van der Waals surface area contributed by atoms with E-state index in [4.69, 9.17) is 4.74 Å². The van der Waals surface area contributed by atoms with Crippen molar-refractivity contribution in [2.75, 3.05) is 39.3 Å². The Hall–Kier alpha value is -2.09. The molecule has 0 unspecified atom stereocenters. The van der Waals surface area contributed by atoms with Gasteiger partial charge in [0.15, 0.2) is 0 Å². The molecule has 1 aromatic rings. The minimum absolute atomic E-state index is 0.0647. The Morgan fingerprint density at radius 3 is 2.46 bits per heavy atom. The van der Waals surface area contributed by atoms with Gasteiger partial charge in [-0.05, 0) is 25.1 Å². The van der Waals surface area contributed by atoms with E-state index >= 15 is 0 Å². The predicted octanol–water partition coefficient (Wildman–Crippen LogP) is 1.48. The van der Waals surface area contributed by atoms with E-state index in [2.05, 4.69) is 21.2 Å². The molecular formula is C16H20BrN3O4. The van der Waals surface area contributed by atoms with Crippen molar-refractivity contribution in [1.82, 2.24) is 15.1 Å². The van der Waals surface area contributed by atoms with Crippen LogP contribution in [-0.4, -0.2) is 67.0 Å². The lowest BCUT2D eigenvalue weighted by Crippen LogP contribution is -2.52. The van der Waals surface area contributed by atoms with Gasteiger partial charge >= 0.3 is 6.09 Å². The molecule has 0 atom stereocenters. The Kier molecular flexibility index (Phi) is 6.60. The lowest BCUT2D eigenvalue weighted by molar-refractivity contribution is -0.131. The summed E-state index contributed by atoms with van der Waals surface area (Å²) in [4.78, 5) is 39.0. The van der Waals surface area contributed by atoms with Crippen LogP contribution in [0.1, 0.15) is 17.3 Å². The first-order valence-corrected chi connectivity index (χ1v) is 8.53. The minimum atomic E-state index is -0.354. The molecule has 130 valence electrons. The summed E-state index contributed by atoms with van der Waals surface area (Å²) in [5.74, 6) is -0.461. The Morgan fingerprint density at radius 1 is 1.17 bits per heavy atom. The number of carbonyl (C=O) groups is 3. The molecule has 0 saturated carbocycles. The Bertz CT molecular complexity index is 615. The monoisotopic (exact) mass is 397 g/mol. The van der Waals surface area contributed by atoms with E-state index in [1.165, 1.54) is 0 Å². The molecule has 1 aromatic carbocycles. The fourth-order valence-corrected chi connectivity index (χ4v) is 2.75. The van der Waals surface area contributed by atoms with Crippen molar-refractivity contribution >= 4 is 33.8 Å². The van der Waals surface area contributed by atoms with Gasteiger partial charge in [-0.15, -0.1) is 0 Å². The quantitative estimate of drug-likeness (QED) is 0.834. The second-order valence-corrected chi connectivity index (χ2v) is 6.18. The van der Waals surface area contributed by atoms with Crippen molar-refractivity contribution in [1.29, 1.82) is 0 Å². The van der Waals surface area contributed by atoms with Gasteiger partial charge in [0.1, 0.15) is 0 Å².